The third kappa shape index (κ3) is 4.86. The van der Waals surface area contributed by atoms with Crippen molar-refractivity contribution in [1.29, 1.82) is 0 Å². The van der Waals surface area contributed by atoms with Crippen LogP contribution in [-0.2, 0) is 20.1 Å². The van der Waals surface area contributed by atoms with Gasteiger partial charge < -0.3 is 20.5 Å². The SMILES string of the molecule is CC=CCn1c(N2CCC[C@@H](N)C2)nc2c1c(=O)n(CC(=O)c1ccccc1N(C)C(=O)NC)c(=O)n2C. The van der Waals surface area contributed by atoms with Gasteiger partial charge in [-0.3, -0.25) is 23.6 Å². The molecule has 1 atom stereocenters. The second kappa shape index (κ2) is 11.1. The zero-order chi connectivity index (χ0) is 27.6. The van der Waals surface area contributed by atoms with Crippen LogP contribution in [0.2, 0.25) is 0 Å². The van der Waals surface area contributed by atoms with Crippen molar-refractivity contribution in [2.45, 2.75) is 38.9 Å². The maximum atomic E-state index is 13.8. The number of aromatic nitrogens is 4. The maximum absolute atomic E-state index is 13.8. The largest absolute Gasteiger partial charge is 0.341 e. The highest BCUT2D eigenvalue weighted by atomic mass is 16.2. The molecule has 12 nitrogen and oxygen atoms in total. The summed E-state index contributed by atoms with van der Waals surface area (Å²) >= 11 is 0. The molecule has 3 N–H and O–H groups in total. The Morgan fingerprint density at radius 1 is 1.24 bits per heavy atom. The number of fused-ring (bicyclic) bond motifs is 1. The number of allylic oxidation sites excluding steroid dienone is 2. The number of para-hydroxylation sites is 1. The Kier molecular flexibility index (Phi) is 7.81. The Labute approximate surface area is 220 Å². The number of urea groups is 1. The number of anilines is 2. The summed E-state index contributed by atoms with van der Waals surface area (Å²) in [5.74, 6) is 0.0959. The van der Waals surface area contributed by atoms with Gasteiger partial charge in [-0.1, -0.05) is 24.3 Å². The second-order valence-corrected chi connectivity index (χ2v) is 9.40. The predicted molar refractivity (Wildman–Crippen MR) is 147 cm³/mol. The van der Waals surface area contributed by atoms with Gasteiger partial charge in [-0.25, -0.2) is 9.59 Å². The van der Waals surface area contributed by atoms with Crippen LogP contribution in [-0.4, -0.2) is 63.7 Å². The Morgan fingerprint density at radius 3 is 2.66 bits per heavy atom. The molecule has 0 radical (unpaired) electrons. The molecule has 1 aromatic carbocycles. The van der Waals surface area contributed by atoms with E-state index < -0.39 is 29.6 Å². The number of amides is 2. The summed E-state index contributed by atoms with van der Waals surface area (Å²) < 4.78 is 4.01. The molecule has 3 heterocycles. The van der Waals surface area contributed by atoms with E-state index in [4.69, 9.17) is 10.7 Å². The maximum Gasteiger partial charge on any atom is 0.332 e. The molecule has 2 amide bonds. The summed E-state index contributed by atoms with van der Waals surface area (Å²) in [7, 11) is 4.57. The Balaban J connectivity index is 1.84. The summed E-state index contributed by atoms with van der Waals surface area (Å²) in [6, 6.07) is 6.16. The number of nitrogens with one attached hydrogen (secondary N) is 1. The summed E-state index contributed by atoms with van der Waals surface area (Å²) in [6.07, 6.45) is 5.59. The van der Waals surface area contributed by atoms with E-state index in [1.807, 2.05) is 24.0 Å². The van der Waals surface area contributed by atoms with Crippen LogP contribution in [0.25, 0.3) is 11.2 Å². The van der Waals surface area contributed by atoms with E-state index in [0.717, 1.165) is 24.0 Å². The highest BCUT2D eigenvalue weighted by Gasteiger charge is 2.27. The fraction of sp³-hybridized carbons (Fsp3) is 0.423. The molecule has 12 heteroatoms. The monoisotopic (exact) mass is 522 g/mol. The predicted octanol–water partition coefficient (Wildman–Crippen LogP) is 1.06. The number of piperidine rings is 1. The first-order chi connectivity index (χ1) is 18.2. The van der Waals surface area contributed by atoms with Crippen molar-refractivity contribution in [3.05, 3.63) is 62.8 Å². The van der Waals surface area contributed by atoms with Gasteiger partial charge in [0.25, 0.3) is 5.56 Å². The summed E-state index contributed by atoms with van der Waals surface area (Å²) in [5, 5.41) is 2.52. The van der Waals surface area contributed by atoms with E-state index >= 15 is 0 Å². The molecule has 1 aliphatic rings. The number of hydrogen-bond acceptors (Lipinski definition) is 7. The highest BCUT2D eigenvalue weighted by molar-refractivity contribution is 6.05. The molecule has 0 aliphatic carbocycles. The van der Waals surface area contributed by atoms with Crippen LogP contribution in [0.15, 0.2) is 46.0 Å². The highest BCUT2D eigenvalue weighted by Crippen LogP contribution is 2.24. The summed E-state index contributed by atoms with van der Waals surface area (Å²) in [5.41, 5.74) is 6.04. The van der Waals surface area contributed by atoms with E-state index in [0.29, 0.717) is 24.7 Å². The quantitative estimate of drug-likeness (QED) is 0.349. The number of carbonyl (C=O) groups is 2. The van der Waals surface area contributed by atoms with E-state index in [2.05, 4.69) is 5.32 Å². The summed E-state index contributed by atoms with van der Waals surface area (Å²) in [6.45, 7) is 3.10. The van der Waals surface area contributed by atoms with Gasteiger partial charge in [0, 0.05) is 52.4 Å². The van der Waals surface area contributed by atoms with Crippen LogP contribution in [0, 0.1) is 0 Å². The number of carbonyl (C=O) groups excluding carboxylic acids is 2. The van der Waals surface area contributed by atoms with Crippen molar-refractivity contribution in [3.63, 3.8) is 0 Å². The van der Waals surface area contributed by atoms with Gasteiger partial charge in [0.05, 0.1) is 12.2 Å². The molecule has 38 heavy (non-hydrogen) atoms. The topological polar surface area (TPSA) is 140 Å². The molecule has 4 rings (SSSR count). The van der Waals surface area contributed by atoms with E-state index in [-0.39, 0.29) is 22.8 Å². The molecular weight excluding hydrogens is 488 g/mol. The minimum Gasteiger partial charge on any atom is -0.341 e. The van der Waals surface area contributed by atoms with Crippen molar-refractivity contribution in [1.82, 2.24) is 24.0 Å². The van der Waals surface area contributed by atoms with E-state index in [1.165, 1.54) is 30.6 Å². The van der Waals surface area contributed by atoms with Crippen molar-refractivity contribution in [2.75, 3.05) is 37.0 Å². The minimum atomic E-state index is -0.648. The first-order valence-electron chi connectivity index (χ1n) is 12.6. The lowest BCUT2D eigenvalue weighted by Gasteiger charge is -2.31. The van der Waals surface area contributed by atoms with E-state index in [9.17, 15) is 19.2 Å². The van der Waals surface area contributed by atoms with Crippen LogP contribution in [0.3, 0.4) is 0 Å². The van der Waals surface area contributed by atoms with Gasteiger partial charge in [-0.05, 0) is 31.9 Å². The number of benzene rings is 1. The number of nitrogens with two attached hydrogens (primary N) is 1. The first-order valence-corrected chi connectivity index (χ1v) is 12.6. The lowest BCUT2D eigenvalue weighted by atomic mass is 10.1. The fourth-order valence-electron chi connectivity index (χ4n) is 4.82. The fourth-order valence-corrected chi connectivity index (χ4v) is 4.82. The third-order valence-corrected chi connectivity index (χ3v) is 6.86. The number of rotatable bonds is 7. The molecule has 2 aromatic heterocycles. The average Bonchev–Trinajstić information content (AvgIpc) is 3.31. The van der Waals surface area contributed by atoms with Crippen molar-refractivity contribution < 1.29 is 9.59 Å². The van der Waals surface area contributed by atoms with Crippen LogP contribution in [0.5, 0.6) is 0 Å². The van der Waals surface area contributed by atoms with E-state index in [1.54, 1.807) is 28.8 Å². The van der Waals surface area contributed by atoms with Gasteiger partial charge in [0.2, 0.25) is 5.95 Å². The van der Waals surface area contributed by atoms with Crippen molar-refractivity contribution in [3.8, 4) is 0 Å². The second-order valence-electron chi connectivity index (χ2n) is 9.40. The lowest BCUT2D eigenvalue weighted by molar-refractivity contribution is 0.0969. The number of ketones is 1. The average molecular weight is 523 g/mol. The van der Waals surface area contributed by atoms with Crippen LogP contribution in [0.4, 0.5) is 16.4 Å². The first kappa shape index (κ1) is 26.9. The molecule has 0 spiro atoms. The van der Waals surface area contributed by atoms with Gasteiger partial charge in [-0.15, -0.1) is 0 Å². The third-order valence-electron chi connectivity index (χ3n) is 6.86. The molecule has 0 unspecified atom stereocenters. The van der Waals surface area contributed by atoms with Gasteiger partial charge in [0.1, 0.15) is 0 Å². The molecule has 1 fully saturated rings. The Bertz CT molecular complexity index is 1520. The molecule has 1 aliphatic heterocycles. The van der Waals surface area contributed by atoms with Crippen molar-refractivity contribution in [2.24, 2.45) is 12.8 Å². The number of aryl methyl sites for hydroxylation is 1. The summed E-state index contributed by atoms with van der Waals surface area (Å²) in [4.78, 5) is 60.8. The smallest absolute Gasteiger partial charge is 0.332 e. The molecule has 0 bridgehead atoms. The lowest BCUT2D eigenvalue weighted by Crippen LogP contribution is -2.44. The zero-order valence-corrected chi connectivity index (χ0v) is 22.2. The standard InChI is InChI=1S/C26H34N8O4/c1-5-6-14-33-21-22(29-24(33)32-13-9-10-17(27)15-32)31(4)26(38)34(23(21)36)16-20(35)18-11-7-8-12-19(18)30(3)25(37)28-2/h5-8,11-12,17H,9-10,13-16,27H2,1-4H3,(H,28,37)/t17-/m1/s1. The molecule has 1 saturated heterocycles. The molecular formula is C26H34N8O4. The Morgan fingerprint density at radius 2 is 1.97 bits per heavy atom. The zero-order valence-electron chi connectivity index (χ0n) is 22.2. The number of hydrogen-bond donors (Lipinski definition) is 2. The number of imidazole rings is 1. The van der Waals surface area contributed by atoms with Gasteiger partial charge in [0.15, 0.2) is 16.9 Å². The normalized spacial score (nSPS) is 15.8. The van der Waals surface area contributed by atoms with Crippen LogP contribution in [0.1, 0.15) is 30.1 Å². The molecule has 202 valence electrons. The number of Topliss-reactive ketones (excluding diaryl/α,β-unsaturated/α-hetero) is 1. The van der Waals surface area contributed by atoms with Crippen LogP contribution >= 0.6 is 0 Å². The molecule has 3 aromatic rings. The Hall–Kier alpha value is -4.19. The van der Waals surface area contributed by atoms with Crippen LogP contribution < -0.4 is 32.1 Å². The minimum absolute atomic E-state index is 0.00943. The van der Waals surface area contributed by atoms with Gasteiger partial charge >= 0.3 is 11.7 Å². The number of nitrogens with zero attached hydrogens (tertiary/aromatic N) is 6. The van der Waals surface area contributed by atoms with Gasteiger partial charge in [-0.2, -0.15) is 4.98 Å². The van der Waals surface area contributed by atoms with Crippen molar-refractivity contribution >= 4 is 34.6 Å². The molecule has 0 saturated carbocycles.